The largest absolute Gasteiger partial charge is 0.416 e. The zero-order valence-electron chi connectivity index (χ0n) is 11.0. The van der Waals surface area contributed by atoms with Gasteiger partial charge >= 0.3 is 6.18 Å². The van der Waals surface area contributed by atoms with E-state index in [9.17, 15) is 13.2 Å². The van der Waals surface area contributed by atoms with Crippen molar-refractivity contribution < 1.29 is 13.2 Å². The van der Waals surface area contributed by atoms with Gasteiger partial charge in [0, 0.05) is 24.8 Å². The van der Waals surface area contributed by atoms with Gasteiger partial charge < -0.3 is 5.32 Å². The zero-order valence-corrected chi connectivity index (χ0v) is 11.8. The summed E-state index contributed by atoms with van der Waals surface area (Å²) in [5.74, 6) is 0. The van der Waals surface area contributed by atoms with Crippen LogP contribution in [0.2, 0.25) is 0 Å². The van der Waals surface area contributed by atoms with Crippen LogP contribution in [0.1, 0.15) is 21.8 Å². The van der Waals surface area contributed by atoms with Gasteiger partial charge in [0.25, 0.3) is 0 Å². The second kappa shape index (κ2) is 6.37. The van der Waals surface area contributed by atoms with E-state index in [-0.39, 0.29) is 0 Å². The van der Waals surface area contributed by atoms with E-state index in [1.807, 2.05) is 12.4 Å². The van der Waals surface area contributed by atoms with Gasteiger partial charge in [0.05, 0.1) is 16.3 Å². The average Bonchev–Trinajstić information content (AvgIpc) is 2.83. The normalized spacial score (nSPS) is 11.8. The Morgan fingerprint density at radius 2 is 2.10 bits per heavy atom. The summed E-state index contributed by atoms with van der Waals surface area (Å²) in [6.45, 7) is 0.840. The molecule has 2 nitrogen and oxygen atoms in total. The van der Waals surface area contributed by atoms with Gasteiger partial charge in [-0.3, -0.25) is 0 Å². The third-order valence-electron chi connectivity index (χ3n) is 2.84. The Kier molecular flexibility index (Phi) is 4.77. The maximum atomic E-state index is 12.6. The highest BCUT2D eigenvalue weighted by Crippen LogP contribution is 2.30. The first-order valence-electron chi connectivity index (χ1n) is 6.23. The predicted molar refractivity (Wildman–Crippen MR) is 74.0 cm³/mol. The number of aromatic nitrogens is 1. The predicted octanol–water partition coefficient (Wildman–Crippen LogP) is 3.51. The maximum Gasteiger partial charge on any atom is 0.416 e. The third kappa shape index (κ3) is 4.05. The summed E-state index contributed by atoms with van der Waals surface area (Å²) in [5.41, 5.74) is 1.00. The molecule has 20 heavy (non-hydrogen) atoms. The third-order valence-corrected chi connectivity index (χ3v) is 3.74. The number of benzene rings is 1. The van der Waals surface area contributed by atoms with Gasteiger partial charge in [0.2, 0.25) is 0 Å². The van der Waals surface area contributed by atoms with Crippen molar-refractivity contribution in [2.45, 2.75) is 19.0 Å². The lowest BCUT2D eigenvalue weighted by molar-refractivity contribution is -0.137. The molecule has 1 aromatic heterocycles. The molecule has 0 spiro atoms. The van der Waals surface area contributed by atoms with Crippen LogP contribution in [0.4, 0.5) is 13.2 Å². The first-order chi connectivity index (χ1) is 9.49. The van der Waals surface area contributed by atoms with E-state index in [1.54, 1.807) is 6.07 Å². The van der Waals surface area contributed by atoms with Gasteiger partial charge in [-0.25, -0.2) is 4.98 Å². The van der Waals surface area contributed by atoms with Crippen LogP contribution in [0.5, 0.6) is 0 Å². The smallest absolute Gasteiger partial charge is 0.319 e. The van der Waals surface area contributed by atoms with Crippen LogP contribution in [0.3, 0.4) is 0 Å². The van der Waals surface area contributed by atoms with Crippen LogP contribution < -0.4 is 5.32 Å². The molecule has 0 saturated carbocycles. The summed E-state index contributed by atoms with van der Waals surface area (Å²) >= 11 is 1.49. The molecule has 2 rings (SSSR count). The van der Waals surface area contributed by atoms with Crippen LogP contribution in [-0.2, 0) is 19.0 Å². The molecule has 0 aliphatic rings. The average molecular weight is 300 g/mol. The molecule has 1 heterocycles. The summed E-state index contributed by atoms with van der Waals surface area (Å²) in [6, 6.07) is 5.41. The van der Waals surface area contributed by atoms with Gasteiger partial charge in [-0.15, -0.1) is 11.3 Å². The molecule has 1 N–H and O–H groups in total. The maximum absolute atomic E-state index is 12.6. The zero-order chi connectivity index (χ0) is 14.6. The van der Waals surface area contributed by atoms with Crippen LogP contribution in [-0.4, -0.2) is 18.6 Å². The van der Waals surface area contributed by atoms with Crippen LogP contribution in [0, 0.1) is 0 Å². The van der Waals surface area contributed by atoms with E-state index in [1.165, 1.54) is 23.5 Å². The summed E-state index contributed by atoms with van der Waals surface area (Å²) in [6.07, 6.45) is -3.03. The van der Waals surface area contributed by atoms with Crippen molar-refractivity contribution in [3.8, 4) is 0 Å². The molecule has 1 aromatic carbocycles. The Morgan fingerprint density at radius 3 is 2.80 bits per heavy atom. The van der Waals surface area contributed by atoms with Crippen molar-refractivity contribution in [3.63, 3.8) is 0 Å². The Bertz CT molecular complexity index is 564. The number of nitrogens with zero attached hydrogens (tertiary/aromatic N) is 1. The van der Waals surface area contributed by atoms with Gasteiger partial charge in [-0.2, -0.15) is 13.2 Å². The van der Waals surface area contributed by atoms with E-state index in [2.05, 4.69) is 10.3 Å². The monoisotopic (exact) mass is 300 g/mol. The molecule has 0 atom stereocenters. The van der Waals surface area contributed by atoms with E-state index in [0.717, 1.165) is 29.7 Å². The summed E-state index contributed by atoms with van der Waals surface area (Å²) < 4.78 is 37.9. The Labute approximate surface area is 119 Å². The molecule has 108 valence electrons. The lowest BCUT2D eigenvalue weighted by Gasteiger charge is -2.07. The van der Waals surface area contributed by atoms with Gasteiger partial charge in [0.15, 0.2) is 0 Å². The standard InChI is InChI=1S/C14H15F3N2S/c1-18-6-5-12-9-20-13(19-12)8-10-3-2-4-11(7-10)14(15,16)17/h2-4,7,9,18H,5-6,8H2,1H3. The van der Waals surface area contributed by atoms with Gasteiger partial charge in [-0.05, 0) is 18.7 Å². The minimum Gasteiger partial charge on any atom is -0.319 e. The Morgan fingerprint density at radius 1 is 1.30 bits per heavy atom. The summed E-state index contributed by atoms with van der Waals surface area (Å²) in [7, 11) is 1.87. The van der Waals surface area contributed by atoms with E-state index >= 15 is 0 Å². The Balaban J connectivity index is 2.08. The lowest BCUT2D eigenvalue weighted by atomic mass is 10.1. The molecule has 0 saturated heterocycles. The first kappa shape index (κ1) is 15.0. The quantitative estimate of drug-likeness (QED) is 0.914. The van der Waals surface area contributed by atoms with Crippen LogP contribution in [0.15, 0.2) is 29.6 Å². The minimum absolute atomic E-state index is 0.439. The number of rotatable bonds is 5. The fraction of sp³-hybridized carbons (Fsp3) is 0.357. The number of nitrogens with one attached hydrogen (secondary N) is 1. The lowest BCUT2D eigenvalue weighted by Crippen LogP contribution is -2.10. The fourth-order valence-electron chi connectivity index (χ4n) is 1.83. The minimum atomic E-state index is -4.29. The van der Waals surface area contributed by atoms with E-state index in [0.29, 0.717) is 12.0 Å². The molecule has 0 bridgehead atoms. The Hall–Kier alpha value is -1.40. The highest BCUT2D eigenvalue weighted by Gasteiger charge is 2.30. The number of halogens is 3. The van der Waals surface area contributed by atoms with Crippen molar-refractivity contribution >= 4 is 11.3 Å². The fourth-order valence-corrected chi connectivity index (χ4v) is 2.69. The summed E-state index contributed by atoms with van der Waals surface area (Å²) in [4.78, 5) is 4.43. The second-order valence-electron chi connectivity index (χ2n) is 4.46. The van der Waals surface area contributed by atoms with E-state index < -0.39 is 11.7 Å². The molecule has 0 aliphatic heterocycles. The molecule has 0 unspecified atom stereocenters. The molecule has 0 radical (unpaired) electrons. The molecule has 0 aliphatic carbocycles. The second-order valence-corrected chi connectivity index (χ2v) is 5.40. The number of likely N-dealkylation sites (N-methyl/N-ethyl adjacent to an activating group) is 1. The molecule has 6 heteroatoms. The number of hydrogen-bond acceptors (Lipinski definition) is 3. The molecular weight excluding hydrogens is 285 g/mol. The highest BCUT2D eigenvalue weighted by molar-refractivity contribution is 7.09. The number of thiazole rings is 1. The van der Waals surface area contributed by atoms with E-state index in [4.69, 9.17) is 0 Å². The van der Waals surface area contributed by atoms with Crippen molar-refractivity contribution in [2.24, 2.45) is 0 Å². The van der Waals surface area contributed by atoms with Gasteiger partial charge in [0.1, 0.15) is 0 Å². The molecule has 2 aromatic rings. The van der Waals surface area contributed by atoms with Crippen LogP contribution >= 0.6 is 11.3 Å². The van der Waals surface area contributed by atoms with Crippen molar-refractivity contribution in [2.75, 3.05) is 13.6 Å². The number of hydrogen-bond donors (Lipinski definition) is 1. The first-order valence-corrected chi connectivity index (χ1v) is 7.11. The van der Waals surface area contributed by atoms with Crippen molar-refractivity contribution in [1.29, 1.82) is 0 Å². The number of alkyl halides is 3. The van der Waals surface area contributed by atoms with Crippen molar-refractivity contribution in [3.05, 3.63) is 51.5 Å². The highest BCUT2D eigenvalue weighted by atomic mass is 32.1. The summed E-state index contributed by atoms with van der Waals surface area (Å²) in [5, 5.41) is 5.84. The topological polar surface area (TPSA) is 24.9 Å². The molecule has 0 amide bonds. The molecular formula is C14H15F3N2S. The van der Waals surface area contributed by atoms with Crippen LogP contribution in [0.25, 0.3) is 0 Å². The van der Waals surface area contributed by atoms with Gasteiger partial charge in [-0.1, -0.05) is 18.2 Å². The molecule has 0 fully saturated rings. The SMILES string of the molecule is CNCCc1csc(Cc2cccc(C(F)(F)F)c2)n1. The van der Waals surface area contributed by atoms with Crippen molar-refractivity contribution in [1.82, 2.24) is 10.3 Å².